The van der Waals surface area contributed by atoms with Gasteiger partial charge in [0.25, 0.3) is 0 Å². The van der Waals surface area contributed by atoms with E-state index in [9.17, 15) is 0 Å². The molecule has 0 aliphatic carbocycles. The summed E-state index contributed by atoms with van der Waals surface area (Å²) in [5.41, 5.74) is 8.26. The Labute approximate surface area is 155 Å². The summed E-state index contributed by atoms with van der Waals surface area (Å²) in [6, 6.07) is 10.0. The van der Waals surface area contributed by atoms with Crippen molar-refractivity contribution in [2.24, 2.45) is 0 Å². The number of nitrogen functional groups attached to an aromatic ring is 1. The van der Waals surface area contributed by atoms with Gasteiger partial charge in [0.05, 0.1) is 12.3 Å². The van der Waals surface area contributed by atoms with E-state index in [0.29, 0.717) is 22.8 Å². The van der Waals surface area contributed by atoms with Crippen LogP contribution in [0.1, 0.15) is 23.9 Å². The molecule has 0 aliphatic rings. The highest BCUT2D eigenvalue weighted by molar-refractivity contribution is 7.15. The van der Waals surface area contributed by atoms with Crippen molar-refractivity contribution < 1.29 is 4.74 Å². The SMILES string of the molecule is CCOc1nc(CCCc2cnc(N)s2)cc(-c2ccccc2Cl)n1. The molecule has 130 valence electrons. The number of nitrogens with two attached hydrogens (primary N) is 1. The number of ether oxygens (including phenoxy) is 1. The zero-order chi connectivity index (χ0) is 17.6. The second-order valence-corrected chi connectivity index (χ2v) is 7.01. The number of halogens is 1. The smallest absolute Gasteiger partial charge is 0.317 e. The Bertz CT molecular complexity index is 853. The molecular weight excluding hydrogens is 356 g/mol. The van der Waals surface area contributed by atoms with Gasteiger partial charge in [0, 0.05) is 27.4 Å². The molecule has 25 heavy (non-hydrogen) atoms. The van der Waals surface area contributed by atoms with Crippen molar-refractivity contribution in [3.05, 3.63) is 52.1 Å². The molecule has 0 saturated heterocycles. The quantitative estimate of drug-likeness (QED) is 0.663. The first kappa shape index (κ1) is 17.6. The topological polar surface area (TPSA) is 73.9 Å². The highest BCUT2D eigenvalue weighted by atomic mass is 35.5. The van der Waals surface area contributed by atoms with Gasteiger partial charge >= 0.3 is 6.01 Å². The molecular formula is C18H19ClN4OS. The van der Waals surface area contributed by atoms with Gasteiger partial charge in [-0.3, -0.25) is 0 Å². The van der Waals surface area contributed by atoms with Gasteiger partial charge in [-0.25, -0.2) is 9.97 Å². The van der Waals surface area contributed by atoms with Gasteiger partial charge in [-0.2, -0.15) is 4.98 Å². The van der Waals surface area contributed by atoms with Crippen LogP contribution in [0, 0.1) is 0 Å². The molecule has 0 spiro atoms. The molecule has 0 radical (unpaired) electrons. The molecule has 0 unspecified atom stereocenters. The lowest BCUT2D eigenvalue weighted by Crippen LogP contribution is -2.02. The normalized spacial score (nSPS) is 10.8. The first-order chi connectivity index (χ1) is 12.2. The lowest BCUT2D eigenvalue weighted by atomic mass is 10.1. The molecule has 5 nitrogen and oxygen atoms in total. The molecule has 0 amide bonds. The third kappa shape index (κ3) is 4.67. The third-order valence-electron chi connectivity index (χ3n) is 3.61. The Morgan fingerprint density at radius 2 is 2.04 bits per heavy atom. The van der Waals surface area contributed by atoms with Crippen LogP contribution in [0.2, 0.25) is 5.02 Å². The summed E-state index contributed by atoms with van der Waals surface area (Å²) in [6.45, 7) is 2.44. The fraction of sp³-hybridized carbons (Fsp3) is 0.278. The second-order valence-electron chi connectivity index (χ2n) is 5.46. The van der Waals surface area contributed by atoms with Crippen molar-refractivity contribution >= 4 is 28.1 Å². The maximum atomic E-state index is 6.31. The van der Waals surface area contributed by atoms with E-state index in [1.165, 1.54) is 16.2 Å². The number of aryl methyl sites for hydroxylation is 2. The maximum absolute atomic E-state index is 6.31. The summed E-state index contributed by atoms with van der Waals surface area (Å²) >= 11 is 7.84. The lowest BCUT2D eigenvalue weighted by molar-refractivity contribution is 0.311. The van der Waals surface area contributed by atoms with E-state index in [0.717, 1.165) is 36.2 Å². The molecule has 1 aromatic carbocycles. The van der Waals surface area contributed by atoms with E-state index in [-0.39, 0.29) is 0 Å². The van der Waals surface area contributed by atoms with Crippen molar-refractivity contribution in [3.63, 3.8) is 0 Å². The largest absolute Gasteiger partial charge is 0.464 e. The van der Waals surface area contributed by atoms with E-state index in [1.807, 2.05) is 43.5 Å². The van der Waals surface area contributed by atoms with Gasteiger partial charge in [0.2, 0.25) is 0 Å². The lowest BCUT2D eigenvalue weighted by Gasteiger charge is -2.09. The molecule has 0 atom stereocenters. The molecule has 0 bridgehead atoms. The minimum absolute atomic E-state index is 0.386. The van der Waals surface area contributed by atoms with Crippen molar-refractivity contribution in [1.82, 2.24) is 15.0 Å². The Kier molecular flexibility index (Phi) is 5.83. The Balaban J connectivity index is 1.79. The van der Waals surface area contributed by atoms with Crippen LogP contribution in [0.4, 0.5) is 5.13 Å². The molecule has 7 heteroatoms. The average molecular weight is 375 g/mol. The number of nitrogens with zero attached hydrogens (tertiary/aromatic N) is 3. The third-order valence-corrected chi connectivity index (χ3v) is 4.83. The van der Waals surface area contributed by atoms with Crippen molar-refractivity contribution in [1.29, 1.82) is 0 Å². The highest BCUT2D eigenvalue weighted by Crippen LogP contribution is 2.28. The number of aromatic nitrogens is 3. The Hall–Kier alpha value is -2.18. The molecule has 2 heterocycles. The van der Waals surface area contributed by atoms with Gasteiger partial charge in [-0.05, 0) is 38.3 Å². The minimum Gasteiger partial charge on any atom is -0.464 e. The van der Waals surface area contributed by atoms with Crippen LogP contribution in [0.15, 0.2) is 36.5 Å². The summed E-state index contributed by atoms with van der Waals surface area (Å²) < 4.78 is 5.53. The van der Waals surface area contributed by atoms with Crippen molar-refractivity contribution in [3.8, 4) is 17.3 Å². The fourth-order valence-electron chi connectivity index (χ4n) is 2.48. The molecule has 3 rings (SSSR count). The average Bonchev–Trinajstić information content (AvgIpc) is 3.01. The second kappa shape index (κ2) is 8.27. The van der Waals surface area contributed by atoms with Crippen LogP contribution in [0.3, 0.4) is 0 Å². The highest BCUT2D eigenvalue weighted by Gasteiger charge is 2.10. The number of hydrogen-bond donors (Lipinski definition) is 1. The Morgan fingerprint density at radius 1 is 1.20 bits per heavy atom. The summed E-state index contributed by atoms with van der Waals surface area (Å²) in [6.07, 6.45) is 4.52. The molecule has 0 saturated carbocycles. The van der Waals surface area contributed by atoms with E-state index < -0.39 is 0 Å². The fourth-order valence-corrected chi connectivity index (χ4v) is 3.44. The number of rotatable bonds is 7. The molecule has 3 aromatic rings. The van der Waals surface area contributed by atoms with Gasteiger partial charge < -0.3 is 10.5 Å². The van der Waals surface area contributed by atoms with E-state index >= 15 is 0 Å². The number of anilines is 1. The van der Waals surface area contributed by atoms with Crippen LogP contribution in [0.5, 0.6) is 6.01 Å². The summed E-state index contributed by atoms with van der Waals surface area (Å²) in [7, 11) is 0. The van der Waals surface area contributed by atoms with E-state index in [4.69, 9.17) is 22.1 Å². The number of hydrogen-bond acceptors (Lipinski definition) is 6. The molecule has 0 aliphatic heterocycles. The van der Waals surface area contributed by atoms with E-state index in [1.54, 1.807) is 0 Å². The van der Waals surface area contributed by atoms with Crippen LogP contribution in [-0.4, -0.2) is 21.6 Å². The van der Waals surface area contributed by atoms with Crippen LogP contribution in [-0.2, 0) is 12.8 Å². The predicted molar refractivity (Wildman–Crippen MR) is 102 cm³/mol. The van der Waals surface area contributed by atoms with Gasteiger partial charge in [0.15, 0.2) is 5.13 Å². The Morgan fingerprint density at radius 3 is 2.76 bits per heavy atom. The minimum atomic E-state index is 0.386. The van der Waals surface area contributed by atoms with Crippen LogP contribution in [0.25, 0.3) is 11.3 Å². The van der Waals surface area contributed by atoms with Crippen molar-refractivity contribution in [2.45, 2.75) is 26.2 Å². The van der Waals surface area contributed by atoms with Crippen LogP contribution >= 0.6 is 22.9 Å². The monoisotopic (exact) mass is 374 g/mol. The maximum Gasteiger partial charge on any atom is 0.317 e. The number of thiazole rings is 1. The molecule has 2 aromatic heterocycles. The number of benzene rings is 1. The zero-order valence-corrected chi connectivity index (χ0v) is 15.5. The van der Waals surface area contributed by atoms with Gasteiger partial charge in [-0.15, -0.1) is 11.3 Å². The summed E-state index contributed by atoms with van der Waals surface area (Å²) in [5, 5.41) is 1.27. The van der Waals surface area contributed by atoms with Gasteiger partial charge in [0.1, 0.15) is 0 Å². The zero-order valence-electron chi connectivity index (χ0n) is 13.9. The summed E-state index contributed by atoms with van der Waals surface area (Å²) in [5.74, 6) is 0. The van der Waals surface area contributed by atoms with Crippen molar-refractivity contribution in [2.75, 3.05) is 12.3 Å². The predicted octanol–water partition coefficient (Wildman–Crippen LogP) is 4.41. The standard InChI is InChI=1S/C18H19ClN4OS/c1-2-24-18-22-12(6-5-7-13-11-21-17(20)25-13)10-16(23-18)14-8-3-4-9-15(14)19/h3-4,8-11H,2,5-7H2,1H3,(H2,20,21). The van der Waals surface area contributed by atoms with E-state index in [2.05, 4.69) is 15.0 Å². The first-order valence-corrected chi connectivity index (χ1v) is 9.31. The summed E-state index contributed by atoms with van der Waals surface area (Å²) in [4.78, 5) is 14.2. The molecule has 2 N–H and O–H groups in total. The van der Waals surface area contributed by atoms with Gasteiger partial charge in [-0.1, -0.05) is 29.8 Å². The molecule has 0 fully saturated rings. The van der Waals surface area contributed by atoms with Crippen LogP contribution < -0.4 is 10.5 Å². The first-order valence-electron chi connectivity index (χ1n) is 8.11.